The van der Waals surface area contributed by atoms with Crippen molar-refractivity contribution in [2.45, 2.75) is 26.2 Å². The van der Waals surface area contributed by atoms with Crippen LogP contribution < -0.4 is 4.90 Å². The molecule has 2 unspecified atom stereocenters. The summed E-state index contributed by atoms with van der Waals surface area (Å²) in [5.74, 6) is -4.15. The Morgan fingerprint density at radius 1 is 1.12 bits per heavy atom. The predicted octanol–water partition coefficient (Wildman–Crippen LogP) is 1.58. The monoisotopic (exact) mass is 451 g/mol. The Balaban J connectivity index is 1.58. The summed E-state index contributed by atoms with van der Waals surface area (Å²) < 4.78 is 32.1. The largest absolute Gasteiger partial charge is 0.466 e. The van der Waals surface area contributed by atoms with Gasteiger partial charge in [0, 0.05) is 44.9 Å². The number of anilines is 1. The summed E-state index contributed by atoms with van der Waals surface area (Å²) in [6, 6.07) is 2.79. The number of piperidine rings is 1. The molecular formula is C22H27F2N3O5. The van der Waals surface area contributed by atoms with Crippen LogP contribution in [0.25, 0.3) is 0 Å². The molecule has 1 aromatic rings. The molecule has 0 bridgehead atoms. The van der Waals surface area contributed by atoms with Crippen LogP contribution in [-0.2, 0) is 23.9 Å². The van der Waals surface area contributed by atoms with Gasteiger partial charge in [-0.05, 0) is 31.9 Å². The van der Waals surface area contributed by atoms with E-state index >= 15 is 0 Å². The molecule has 2 aliphatic heterocycles. The predicted molar refractivity (Wildman–Crippen MR) is 110 cm³/mol. The van der Waals surface area contributed by atoms with Crippen LogP contribution in [0.4, 0.5) is 14.5 Å². The lowest BCUT2D eigenvalue weighted by molar-refractivity contribution is -0.152. The SMILES string of the molecule is CCOC(=O)C1CCCN(C(=O)CN(C)C(=O)C2CC(=O)N(c3cc(F)cc(F)c3)C2)C1. The fourth-order valence-electron chi connectivity index (χ4n) is 4.17. The molecule has 0 saturated carbocycles. The van der Waals surface area contributed by atoms with Gasteiger partial charge >= 0.3 is 5.97 Å². The van der Waals surface area contributed by atoms with E-state index in [1.807, 2.05) is 0 Å². The van der Waals surface area contributed by atoms with Crippen LogP contribution in [0, 0.1) is 23.5 Å². The first kappa shape index (κ1) is 23.6. The Kier molecular flexibility index (Phi) is 7.42. The van der Waals surface area contributed by atoms with Crippen LogP contribution in [0.15, 0.2) is 18.2 Å². The lowest BCUT2D eigenvalue weighted by Crippen LogP contribution is -2.48. The second-order valence-corrected chi connectivity index (χ2v) is 8.16. The number of ether oxygens (including phenoxy) is 1. The number of hydrogen-bond acceptors (Lipinski definition) is 5. The van der Waals surface area contributed by atoms with Gasteiger partial charge in [-0.3, -0.25) is 19.2 Å². The second kappa shape index (κ2) is 10.1. The van der Waals surface area contributed by atoms with Gasteiger partial charge in [-0.1, -0.05) is 0 Å². The highest BCUT2D eigenvalue weighted by molar-refractivity contribution is 6.00. The molecule has 32 heavy (non-hydrogen) atoms. The van der Waals surface area contributed by atoms with Gasteiger partial charge in [0.1, 0.15) is 11.6 Å². The summed E-state index contributed by atoms with van der Waals surface area (Å²) in [5, 5.41) is 0. The maximum atomic E-state index is 13.5. The first-order chi connectivity index (χ1) is 15.2. The van der Waals surface area contributed by atoms with Crippen LogP contribution in [0.5, 0.6) is 0 Å². The Morgan fingerprint density at radius 3 is 2.47 bits per heavy atom. The number of hydrogen-bond donors (Lipinski definition) is 0. The maximum Gasteiger partial charge on any atom is 0.310 e. The van der Waals surface area contributed by atoms with Crippen molar-refractivity contribution < 1.29 is 32.7 Å². The number of carbonyl (C=O) groups is 4. The fraction of sp³-hybridized carbons (Fsp3) is 0.545. The Morgan fingerprint density at radius 2 is 1.81 bits per heavy atom. The van der Waals surface area contributed by atoms with Gasteiger partial charge in [-0.2, -0.15) is 0 Å². The van der Waals surface area contributed by atoms with Gasteiger partial charge in [0.25, 0.3) is 0 Å². The van der Waals surface area contributed by atoms with E-state index in [0.29, 0.717) is 25.5 Å². The highest BCUT2D eigenvalue weighted by atomic mass is 19.1. The van der Waals surface area contributed by atoms with E-state index in [0.717, 1.165) is 12.1 Å². The van der Waals surface area contributed by atoms with Gasteiger partial charge in [0.15, 0.2) is 0 Å². The standard InChI is InChI=1S/C22H27F2N3O5/c1-3-32-22(31)14-5-4-6-26(11-14)20(29)13-25(2)21(30)15-7-19(28)27(12-15)18-9-16(23)8-17(24)10-18/h8-10,14-15H,3-7,11-13H2,1-2H3. The molecule has 8 nitrogen and oxygen atoms in total. The number of benzene rings is 1. The van der Waals surface area contributed by atoms with E-state index < -0.39 is 29.4 Å². The molecule has 3 amide bonds. The zero-order valence-corrected chi connectivity index (χ0v) is 18.2. The Hall–Kier alpha value is -3.04. The lowest BCUT2D eigenvalue weighted by Gasteiger charge is -2.33. The average Bonchev–Trinajstić information content (AvgIpc) is 3.14. The second-order valence-electron chi connectivity index (χ2n) is 8.16. The van der Waals surface area contributed by atoms with Crippen LogP contribution in [0.2, 0.25) is 0 Å². The molecule has 0 aliphatic carbocycles. The van der Waals surface area contributed by atoms with Crippen molar-refractivity contribution in [3.05, 3.63) is 29.8 Å². The minimum absolute atomic E-state index is 0.0201. The maximum absolute atomic E-state index is 13.5. The average molecular weight is 451 g/mol. The summed E-state index contributed by atoms with van der Waals surface area (Å²) in [6.07, 6.45) is 1.21. The van der Waals surface area contributed by atoms with Gasteiger partial charge in [-0.15, -0.1) is 0 Å². The summed E-state index contributed by atoms with van der Waals surface area (Å²) in [6.45, 7) is 2.54. The summed E-state index contributed by atoms with van der Waals surface area (Å²) in [5.41, 5.74) is 0.0554. The minimum Gasteiger partial charge on any atom is -0.466 e. The Labute approximate surface area is 185 Å². The van der Waals surface area contributed by atoms with Crippen molar-refractivity contribution in [1.82, 2.24) is 9.80 Å². The molecule has 2 heterocycles. The number of carbonyl (C=O) groups excluding carboxylic acids is 4. The first-order valence-corrected chi connectivity index (χ1v) is 10.7. The van der Waals surface area contributed by atoms with Crippen LogP contribution in [0.1, 0.15) is 26.2 Å². The van der Waals surface area contributed by atoms with Gasteiger partial charge in [0.2, 0.25) is 17.7 Å². The normalized spacial score (nSPS) is 20.9. The summed E-state index contributed by atoms with van der Waals surface area (Å²) >= 11 is 0. The van der Waals surface area contributed by atoms with E-state index in [2.05, 4.69) is 0 Å². The number of likely N-dealkylation sites (N-methyl/N-ethyl adjacent to an activating group) is 1. The number of likely N-dealkylation sites (tertiary alicyclic amines) is 1. The van der Waals surface area contributed by atoms with Crippen LogP contribution >= 0.6 is 0 Å². The quantitative estimate of drug-likeness (QED) is 0.613. The lowest BCUT2D eigenvalue weighted by atomic mass is 9.98. The zero-order chi connectivity index (χ0) is 23.4. The van der Waals surface area contributed by atoms with Gasteiger partial charge in [0.05, 0.1) is 25.0 Å². The third-order valence-electron chi connectivity index (χ3n) is 5.78. The third-order valence-corrected chi connectivity index (χ3v) is 5.78. The van der Waals surface area contributed by atoms with Crippen LogP contribution in [-0.4, -0.2) is 73.3 Å². The highest BCUT2D eigenvalue weighted by Gasteiger charge is 2.38. The number of halogens is 2. The van der Waals surface area contributed by atoms with Crippen LogP contribution in [0.3, 0.4) is 0 Å². The molecular weight excluding hydrogens is 424 g/mol. The van der Waals surface area contributed by atoms with Crippen molar-refractivity contribution >= 4 is 29.4 Å². The van der Waals surface area contributed by atoms with Crippen molar-refractivity contribution in [1.29, 1.82) is 0 Å². The molecule has 10 heteroatoms. The number of esters is 1. The first-order valence-electron chi connectivity index (χ1n) is 10.7. The van der Waals surface area contributed by atoms with E-state index in [1.54, 1.807) is 11.8 Å². The molecule has 0 aromatic heterocycles. The van der Waals surface area contributed by atoms with E-state index in [9.17, 15) is 28.0 Å². The smallest absolute Gasteiger partial charge is 0.310 e. The van der Waals surface area contributed by atoms with Crippen molar-refractivity contribution in [3.63, 3.8) is 0 Å². The van der Waals surface area contributed by atoms with E-state index in [1.165, 1.54) is 16.8 Å². The molecule has 0 N–H and O–H groups in total. The molecule has 2 atom stereocenters. The van der Waals surface area contributed by atoms with Gasteiger partial charge < -0.3 is 19.4 Å². The van der Waals surface area contributed by atoms with Gasteiger partial charge in [-0.25, -0.2) is 8.78 Å². The highest BCUT2D eigenvalue weighted by Crippen LogP contribution is 2.27. The minimum atomic E-state index is -0.812. The van der Waals surface area contributed by atoms with Crippen molar-refractivity contribution in [3.8, 4) is 0 Å². The van der Waals surface area contributed by atoms with E-state index in [4.69, 9.17) is 4.74 Å². The van der Waals surface area contributed by atoms with E-state index in [-0.39, 0.29) is 56.1 Å². The molecule has 2 fully saturated rings. The number of amides is 3. The molecule has 2 saturated heterocycles. The molecule has 3 rings (SSSR count). The number of nitrogens with zero attached hydrogens (tertiary/aromatic N) is 3. The molecule has 0 spiro atoms. The van der Waals surface area contributed by atoms with Crippen molar-refractivity contribution in [2.75, 3.05) is 44.7 Å². The number of rotatable bonds is 6. The Bertz CT molecular complexity index is 889. The topological polar surface area (TPSA) is 87.2 Å². The fourth-order valence-corrected chi connectivity index (χ4v) is 4.17. The summed E-state index contributed by atoms with van der Waals surface area (Å²) in [4.78, 5) is 53.8. The third kappa shape index (κ3) is 5.41. The molecule has 174 valence electrons. The zero-order valence-electron chi connectivity index (χ0n) is 18.2. The molecule has 0 radical (unpaired) electrons. The van der Waals surface area contributed by atoms with Crippen molar-refractivity contribution in [2.24, 2.45) is 11.8 Å². The molecule has 1 aromatic carbocycles. The summed E-state index contributed by atoms with van der Waals surface area (Å²) in [7, 11) is 1.47. The molecule has 2 aliphatic rings.